The summed E-state index contributed by atoms with van der Waals surface area (Å²) < 4.78 is 33.4. The Balaban J connectivity index is 1.48. The summed E-state index contributed by atoms with van der Waals surface area (Å²) in [5, 5.41) is 12.3. The number of rotatable bonds is 6. The highest BCUT2D eigenvalue weighted by Crippen LogP contribution is 2.24. The average Bonchev–Trinajstić information content (AvgIpc) is 3.21. The van der Waals surface area contributed by atoms with Crippen LogP contribution in [0.15, 0.2) is 35.3 Å². The fourth-order valence-corrected chi connectivity index (χ4v) is 3.70. The largest absolute Gasteiger partial charge is 0.494 e. The van der Waals surface area contributed by atoms with Crippen LogP contribution >= 0.6 is 0 Å². The van der Waals surface area contributed by atoms with Gasteiger partial charge >= 0.3 is 5.97 Å². The minimum atomic E-state index is -1.39. The Kier molecular flexibility index (Phi) is 5.55. The number of H-pyrrole nitrogens is 1. The maximum absolute atomic E-state index is 14.7. The number of aromatic carboxylic acids is 1. The standard InChI is InChI=1S/C21H20F2N4O4/c1-31-17-3-2-11(6-15(17)22)8-24-12-4-5-27(10-12)20-16(23)7-13-18(28)14(21(29)30)9-25-19(13)26-20/h2-3,6-7,9,12,24H,4-5,8,10H2,1H3,(H,29,30)(H,25,26,28). The third-order valence-electron chi connectivity index (χ3n) is 5.33. The molecule has 1 atom stereocenters. The predicted octanol–water partition coefficient (Wildman–Crippen LogP) is 2.28. The molecule has 31 heavy (non-hydrogen) atoms. The predicted molar refractivity (Wildman–Crippen MR) is 110 cm³/mol. The van der Waals surface area contributed by atoms with Gasteiger partial charge < -0.3 is 25.0 Å². The summed E-state index contributed by atoms with van der Waals surface area (Å²) in [5.41, 5.74) is -0.371. The van der Waals surface area contributed by atoms with E-state index >= 15 is 0 Å². The third-order valence-corrected chi connectivity index (χ3v) is 5.33. The lowest BCUT2D eigenvalue weighted by molar-refractivity contribution is 0.0695. The van der Waals surface area contributed by atoms with Gasteiger partial charge in [0, 0.05) is 31.9 Å². The summed E-state index contributed by atoms with van der Waals surface area (Å²) in [6.45, 7) is 1.46. The molecule has 1 fully saturated rings. The van der Waals surface area contributed by atoms with Gasteiger partial charge in [0.2, 0.25) is 5.43 Å². The molecule has 0 saturated carbocycles. The molecule has 2 aromatic heterocycles. The summed E-state index contributed by atoms with van der Waals surface area (Å²) in [4.78, 5) is 32.0. The van der Waals surface area contributed by atoms with E-state index in [0.717, 1.165) is 24.2 Å². The monoisotopic (exact) mass is 430 g/mol. The molecular formula is C21H20F2N4O4. The summed E-state index contributed by atoms with van der Waals surface area (Å²) in [6, 6.07) is 5.80. The van der Waals surface area contributed by atoms with Crippen molar-refractivity contribution in [1.29, 1.82) is 0 Å². The van der Waals surface area contributed by atoms with Gasteiger partial charge in [-0.1, -0.05) is 6.07 Å². The summed E-state index contributed by atoms with van der Waals surface area (Å²) >= 11 is 0. The lowest BCUT2D eigenvalue weighted by Crippen LogP contribution is -2.32. The molecule has 1 aliphatic rings. The molecule has 0 aliphatic carbocycles. The van der Waals surface area contributed by atoms with Gasteiger partial charge in [-0.15, -0.1) is 0 Å². The number of carboxylic acids is 1. The summed E-state index contributed by atoms with van der Waals surface area (Å²) in [5.74, 6) is -2.25. The Labute approximate surface area is 175 Å². The van der Waals surface area contributed by atoms with E-state index in [-0.39, 0.29) is 28.6 Å². The smallest absolute Gasteiger partial charge is 0.341 e. The Morgan fingerprint density at radius 3 is 2.87 bits per heavy atom. The van der Waals surface area contributed by atoms with Crippen LogP contribution in [0.2, 0.25) is 0 Å². The fourth-order valence-electron chi connectivity index (χ4n) is 3.70. The second kappa shape index (κ2) is 8.31. The molecule has 1 aromatic carbocycles. The average molecular weight is 430 g/mol. The zero-order valence-corrected chi connectivity index (χ0v) is 16.6. The van der Waals surface area contributed by atoms with Crippen LogP contribution in [0.3, 0.4) is 0 Å². The van der Waals surface area contributed by atoms with Gasteiger partial charge in [-0.3, -0.25) is 4.79 Å². The van der Waals surface area contributed by atoms with Crippen molar-refractivity contribution in [3.8, 4) is 5.75 Å². The van der Waals surface area contributed by atoms with Crippen LogP contribution in [0.1, 0.15) is 22.3 Å². The van der Waals surface area contributed by atoms with Crippen molar-refractivity contribution in [2.75, 3.05) is 25.1 Å². The topological polar surface area (TPSA) is 108 Å². The van der Waals surface area contributed by atoms with E-state index in [0.29, 0.717) is 19.6 Å². The van der Waals surface area contributed by atoms with Crippen LogP contribution in [-0.4, -0.2) is 47.3 Å². The first-order valence-electron chi connectivity index (χ1n) is 9.63. The van der Waals surface area contributed by atoms with E-state index in [1.807, 2.05) is 0 Å². The summed E-state index contributed by atoms with van der Waals surface area (Å²) in [7, 11) is 1.41. The first-order valence-corrected chi connectivity index (χ1v) is 9.63. The van der Waals surface area contributed by atoms with Gasteiger partial charge in [0.05, 0.1) is 12.5 Å². The molecule has 162 valence electrons. The molecule has 3 aromatic rings. The van der Waals surface area contributed by atoms with E-state index in [1.165, 1.54) is 13.2 Å². The van der Waals surface area contributed by atoms with Gasteiger partial charge in [0.1, 0.15) is 11.2 Å². The zero-order valence-electron chi connectivity index (χ0n) is 16.6. The molecule has 0 bridgehead atoms. The first kappa shape index (κ1) is 20.7. The van der Waals surface area contributed by atoms with Crippen molar-refractivity contribution in [3.05, 3.63) is 63.4 Å². The molecule has 3 N–H and O–H groups in total. The van der Waals surface area contributed by atoms with Gasteiger partial charge in [-0.25, -0.2) is 18.6 Å². The minimum Gasteiger partial charge on any atom is -0.494 e. The molecule has 10 heteroatoms. The lowest BCUT2D eigenvalue weighted by atomic mass is 10.2. The Bertz CT molecular complexity index is 1210. The molecule has 0 radical (unpaired) electrons. The number of methoxy groups -OCH3 is 1. The normalized spacial score (nSPS) is 16.1. The number of carboxylic acid groups (broad SMARTS) is 1. The van der Waals surface area contributed by atoms with Gasteiger partial charge in [0.15, 0.2) is 23.2 Å². The molecule has 1 saturated heterocycles. The fraction of sp³-hybridized carbons (Fsp3) is 0.286. The quantitative estimate of drug-likeness (QED) is 0.551. The highest BCUT2D eigenvalue weighted by atomic mass is 19.1. The van der Waals surface area contributed by atoms with Crippen LogP contribution in [0, 0.1) is 11.6 Å². The number of nitrogens with one attached hydrogen (secondary N) is 2. The zero-order chi connectivity index (χ0) is 22.1. The van der Waals surface area contributed by atoms with E-state index in [4.69, 9.17) is 9.84 Å². The molecule has 1 aliphatic heterocycles. The number of benzene rings is 1. The number of nitrogens with zero attached hydrogens (tertiary/aromatic N) is 2. The number of ether oxygens (including phenoxy) is 1. The van der Waals surface area contributed by atoms with Crippen LogP contribution in [0.5, 0.6) is 5.75 Å². The first-order chi connectivity index (χ1) is 14.9. The number of fused-ring (bicyclic) bond motifs is 1. The second-order valence-electron chi connectivity index (χ2n) is 7.31. The van der Waals surface area contributed by atoms with Crippen molar-refractivity contribution in [2.45, 2.75) is 19.0 Å². The van der Waals surface area contributed by atoms with Crippen molar-refractivity contribution >= 4 is 22.8 Å². The van der Waals surface area contributed by atoms with E-state index < -0.39 is 28.6 Å². The van der Waals surface area contributed by atoms with Crippen molar-refractivity contribution in [1.82, 2.24) is 15.3 Å². The second-order valence-corrected chi connectivity index (χ2v) is 7.31. The van der Waals surface area contributed by atoms with E-state index in [2.05, 4.69) is 15.3 Å². The van der Waals surface area contributed by atoms with Gasteiger partial charge in [0.25, 0.3) is 0 Å². The van der Waals surface area contributed by atoms with Crippen LogP contribution in [-0.2, 0) is 6.54 Å². The number of halogens is 2. The van der Waals surface area contributed by atoms with Crippen molar-refractivity contribution in [2.24, 2.45) is 0 Å². The Morgan fingerprint density at radius 1 is 1.35 bits per heavy atom. The Morgan fingerprint density at radius 2 is 2.16 bits per heavy atom. The number of pyridine rings is 2. The molecule has 0 spiro atoms. The number of anilines is 1. The molecule has 1 unspecified atom stereocenters. The van der Waals surface area contributed by atoms with Crippen molar-refractivity contribution < 1.29 is 23.4 Å². The number of aromatic nitrogens is 2. The van der Waals surface area contributed by atoms with E-state index in [9.17, 15) is 18.4 Å². The Hall–Kier alpha value is -3.53. The molecule has 8 nitrogen and oxygen atoms in total. The van der Waals surface area contributed by atoms with Gasteiger partial charge in [-0.05, 0) is 30.2 Å². The number of aromatic amines is 1. The lowest BCUT2D eigenvalue weighted by Gasteiger charge is -2.19. The van der Waals surface area contributed by atoms with Crippen LogP contribution < -0.4 is 20.4 Å². The SMILES string of the molecule is COc1ccc(CNC2CCN(c3nc4[nH]cc(C(=O)O)c(=O)c4cc3F)C2)cc1F. The van der Waals surface area contributed by atoms with Crippen molar-refractivity contribution in [3.63, 3.8) is 0 Å². The number of hydrogen-bond acceptors (Lipinski definition) is 6. The van der Waals surface area contributed by atoms with Crippen LogP contribution in [0.25, 0.3) is 11.0 Å². The molecule has 0 amide bonds. The number of carbonyl (C=O) groups is 1. The highest BCUT2D eigenvalue weighted by Gasteiger charge is 2.26. The summed E-state index contributed by atoms with van der Waals surface area (Å²) in [6.07, 6.45) is 1.79. The van der Waals surface area contributed by atoms with Gasteiger partial charge in [-0.2, -0.15) is 0 Å². The molecule has 3 heterocycles. The molecular weight excluding hydrogens is 410 g/mol. The van der Waals surface area contributed by atoms with E-state index in [1.54, 1.807) is 17.0 Å². The molecule has 4 rings (SSSR count). The third kappa shape index (κ3) is 4.06. The minimum absolute atomic E-state index is 0.0375. The maximum atomic E-state index is 14.7. The number of hydrogen-bond donors (Lipinski definition) is 3. The van der Waals surface area contributed by atoms with Crippen LogP contribution in [0.4, 0.5) is 14.6 Å². The maximum Gasteiger partial charge on any atom is 0.341 e. The highest BCUT2D eigenvalue weighted by molar-refractivity contribution is 5.91.